The Balaban J connectivity index is 1.67. The fraction of sp³-hybridized carbons (Fsp3) is 0.294. The molecule has 8 heteroatoms. The van der Waals surface area contributed by atoms with Gasteiger partial charge in [0, 0.05) is 32.5 Å². The number of rotatable bonds is 6. The highest BCUT2D eigenvalue weighted by atomic mass is 32.2. The summed E-state index contributed by atoms with van der Waals surface area (Å²) < 4.78 is 29.0. The standard InChI is InChI=1S/C17H21N5O2S/c1-13-4-6-15(7-5-13)25(23,24)19-9-10-21(3)17-16-12-14(2)20-22(16)11-8-18-17/h4-8,11-12,19H,9-10H2,1-3H3. The summed E-state index contributed by atoms with van der Waals surface area (Å²) in [4.78, 5) is 6.57. The fourth-order valence-electron chi connectivity index (χ4n) is 2.58. The van der Waals surface area contributed by atoms with Crippen molar-refractivity contribution in [3.05, 3.63) is 54.0 Å². The minimum atomic E-state index is -3.51. The Labute approximate surface area is 147 Å². The van der Waals surface area contributed by atoms with Gasteiger partial charge in [0.2, 0.25) is 10.0 Å². The molecule has 0 aliphatic rings. The molecule has 1 N–H and O–H groups in total. The van der Waals surface area contributed by atoms with Crippen LogP contribution >= 0.6 is 0 Å². The lowest BCUT2D eigenvalue weighted by molar-refractivity contribution is 0.581. The Morgan fingerprint density at radius 3 is 2.64 bits per heavy atom. The highest BCUT2D eigenvalue weighted by molar-refractivity contribution is 7.89. The maximum absolute atomic E-state index is 12.3. The average Bonchev–Trinajstić information content (AvgIpc) is 2.95. The first kappa shape index (κ1) is 17.4. The van der Waals surface area contributed by atoms with Gasteiger partial charge in [0.05, 0.1) is 10.6 Å². The predicted molar refractivity (Wildman–Crippen MR) is 97.4 cm³/mol. The molecule has 0 fully saturated rings. The second-order valence-electron chi connectivity index (χ2n) is 6.00. The van der Waals surface area contributed by atoms with Crippen molar-refractivity contribution < 1.29 is 8.42 Å². The van der Waals surface area contributed by atoms with E-state index in [-0.39, 0.29) is 11.4 Å². The van der Waals surface area contributed by atoms with Gasteiger partial charge in [-0.25, -0.2) is 22.6 Å². The zero-order chi connectivity index (χ0) is 18.0. The summed E-state index contributed by atoms with van der Waals surface area (Å²) >= 11 is 0. The van der Waals surface area contributed by atoms with Gasteiger partial charge in [-0.1, -0.05) is 17.7 Å². The third-order valence-electron chi connectivity index (χ3n) is 3.92. The number of likely N-dealkylation sites (N-methyl/N-ethyl adjacent to an activating group) is 1. The third kappa shape index (κ3) is 3.80. The molecule has 0 atom stereocenters. The Hall–Kier alpha value is -2.45. The lowest BCUT2D eigenvalue weighted by atomic mass is 10.2. The number of hydrogen-bond acceptors (Lipinski definition) is 5. The molecule has 3 rings (SSSR count). The van der Waals surface area contributed by atoms with Crippen LogP contribution in [0.2, 0.25) is 0 Å². The van der Waals surface area contributed by atoms with E-state index in [1.54, 1.807) is 41.2 Å². The van der Waals surface area contributed by atoms with Gasteiger partial charge in [-0.15, -0.1) is 0 Å². The molecule has 2 aromatic heterocycles. The predicted octanol–water partition coefficient (Wildman–Crippen LogP) is 1.76. The van der Waals surface area contributed by atoms with Crippen molar-refractivity contribution >= 4 is 21.4 Å². The van der Waals surface area contributed by atoms with Crippen molar-refractivity contribution in [1.82, 2.24) is 19.3 Å². The molecule has 0 amide bonds. The van der Waals surface area contributed by atoms with E-state index in [0.717, 1.165) is 22.6 Å². The highest BCUT2D eigenvalue weighted by Crippen LogP contribution is 2.18. The summed E-state index contributed by atoms with van der Waals surface area (Å²) in [6, 6.07) is 8.74. The van der Waals surface area contributed by atoms with Gasteiger partial charge in [-0.05, 0) is 32.0 Å². The van der Waals surface area contributed by atoms with Crippen LogP contribution in [0.5, 0.6) is 0 Å². The summed E-state index contributed by atoms with van der Waals surface area (Å²) in [7, 11) is -1.63. The van der Waals surface area contributed by atoms with Gasteiger partial charge >= 0.3 is 0 Å². The number of aromatic nitrogens is 3. The summed E-state index contributed by atoms with van der Waals surface area (Å²) in [6.45, 7) is 4.61. The van der Waals surface area contributed by atoms with E-state index in [1.165, 1.54) is 0 Å². The largest absolute Gasteiger partial charge is 0.357 e. The van der Waals surface area contributed by atoms with Gasteiger partial charge in [0.15, 0.2) is 5.82 Å². The molecular formula is C17H21N5O2S. The van der Waals surface area contributed by atoms with Crippen molar-refractivity contribution in [3.63, 3.8) is 0 Å². The molecule has 2 heterocycles. The number of nitrogens with one attached hydrogen (secondary N) is 1. The van der Waals surface area contributed by atoms with Crippen LogP contribution in [0.1, 0.15) is 11.3 Å². The van der Waals surface area contributed by atoms with E-state index in [2.05, 4.69) is 14.8 Å². The van der Waals surface area contributed by atoms with Crippen LogP contribution in [0.3, 0.4) is 0 Å². The molecule has 0 unspecified atom stereocenters. The normalized spacial score (nSPS) is 11.8. The molecule has 0 bridgehead atoms. The number of anilines is 1. The second-order valence-corrected chi connectivity index (χ2v) is 7.77. The molecule has 0 spiro atoms. The van der Waals surface area contributed by atoms with Gasteiger partial charge in [-0.2, -0.15) is 5.10 Å². The summed E-state index contributed by atoms with van der Waals surface area (Å²) in [5.74, 6) is 0.762. The summed E-state index contributed by atoms with van der Waals surface area (Å²) in [6.07, 6.45) is 3.47. The van der Waals surface area contributed by atoms with Crippen molar-refractivity contribution in [1.29, 1.82) is 0 Å². The maximum Gasteiger partial charge on any atom is 0.240 e. The molecule has 0 aliphatic carbocycles. The zero-order valence-electron chi connectivity index (χ0n) is 14.5. The van der Waals surface area contributed by atoms with Gasteiger partial charge < -0.3 is 4.90 Å². The van der Waals surface area contributed by atoms with Gasteiger partial charge in [0.1, 0.15) is 5.52 Å². The Morgan fingerprint density at radius 1 is 1.20 bits per heavy atom. The number of fused-ring (bicyclic) bond motifs is 1. The number of aryl methyl sites for hydroxylation is 2. The average molecular weight is 359 g/mol. The first-order chi connectivity index (χ1) is 11.9. The minimum Gasteiger partial charge on any atom is -0.357 e. The van der Waals surface area contributed by atoms with E-state index in [1.807, 2.05) is 31.9 Å². The molecule has 1 aromatic carbocycles. The molecule has 0 saturated heterocycles. The van der Waals surface area contributed by atoms with E-state index in [0.29, 0.717) is 6.54 Å². The van der Waals surface area contributed by atoms with Crippen LogP contribution in [0, 0.1) is 13.8 Å². The van der Waals surface area contributed by atoms with Gasteiger partial charge in [-0.3, -0.25) is 0 Å². The third-order valence-corrected chi connectivity index (χ3v) is 5.40. The molecule has 0 aliphatic heterocycles. The van der Waals surface area contributed by atoms with Crippen molar-refractivity contribution in [2.24, 2.45) is 0 Å². The summed E-state index contributed by atoms with van der Waals surface area (Å²) in [5.41, 5.74) is 2.82. The highest BCUT2D eigenvalue weighted by Gasteiger charge is 2.14. The lowest BCUT2D eigenvalue weighted by Gasteiger charge is -2.19. The first-order valence-electron chi connectivity index (χ1n) is 7.95. The van der Waals surface area contributed by atoms with Crippen LogP contribution in [0.25, 0.3) is 5.52 Å². The first-order valence-corrected chi connectivity index (χ1v) is 9.43. The molecule has 0 radical (unpaired) electrons. The molecule has 7 nitrogen and oxygen atoms in total. The van der Waals surface area contributed by atoms with Crippen LogP contribution in [-0.2, 0) is 10.0 Å². The van der Waals surface area contributed by atoms with Crippen molar-refractivity contribution in [2.45, 2.75) is 18.7 Å². The molecule has 3 aromatic rings. The molecule has 25 heavy (non-hydrogen) atoms. The van der Waals surface area contributed by atoms with E-state index in [9.17, 15) is 8.42 Å². The topological polar surface area (TPSA) is 79.6 Å². The monoisotopic (exact) mass is 359 g/mol. The lowest BCUT2D eigenvalue weighted by Crippen LogP contribution is -2.33. The van der Waals surface area contributed by atoms with E-state index < -0.39 is 10.0 Å². The fourth-order valence-corrected chi connectivity index (χ4v) is 3.60. The SMILES string of the molecule is Cc1ccc(S(=O)(=O)NCCN(C)c2nccn3nc(C)cc23)cc1. The Morgan fingerprint density at radius 2 is 1.92 bits per heavy atom. The minimum absolute atomic E-state index is 0.271. The maximum atomic E-state index is 12.3. The smallest absolute Gasteiger partial charge is 0.240 e. The van der Waals surface area contributed by atoms with Crippen LogP contribution in [0.4, 0.5) is 5.82 Å². The quantitative estimate of drug-likeness (QED) is 0.725. The molecule has 132 valence electrons. The second kappa shape index (κ2) is 6.81. The number of benzene rings is 1. The van der Waals surface area contributed by atoms with Gasteiger partial charge in [0.25, 0.3) is 0 Å². The van der Waals surface area contributed by atoms with Crippen molar-refractivity contribution in [2.75, 3.05) is 25.0 Å². The van der Waals surface area contributed by atoms with Crippen LogP contribution < -0.4 is 9.62 Å². The number of sulfonamides is 1. The number of nitrogens with zero attached hydrogens (tertiary/aromatic N) is 4. The number of hydrogen-bond donors (Lipinski definition) is 1. The Kier molecular flexibility index (Phi) is 4.73. The zero-order valence-corrected chi connectivity index (χ0v) is 15.3. The Bertz CT molecular complexity index is 980. The van der Waals surface area contributed by atoms with E-state index >= 15 is 0 Å². The van der Waals surface area contributed by atoms with Crippen LogP contribution in [0.15, 0.2) is 47.6 Å². The molecule has 0 saturated carbocycles. The van der Waals surface area contributed by atoms with Crippen LogP contribution in [-0.4, -0.2) is 43.2 Å². The van der Waals surface area contributed by atoms with E-state index in [4.69, 9.17) is 0 Å². The summed E-state index contributed by atoms with van der Waals surface area (Å²) in [5, 5.41) is 4.36. The molecular weight excluding hydrogens is 338 g/mol. The van der Waals surface area contributed by atoms with Crippen molar-refractivity contribution in [3.8, 4) is 0 Å².